The number of sulfonamides is 1. The van der Waals surface area contributed by atoms with Crippen molar-refractivity contribution in [3.63, 3.8) is 0 Å². The minimum atomic E-state index is -3.60. The lowest BCUT2D eigenvalue weighted by atomic mass is 10.1. The Morgan fingerprint density at radius 2 is 1.63 bits per heavy atom. The molecule has 0 aliphatic carbocycles. The van der Waals surface area contributed by atoms with Crippen LogP contribution in [0.25, 0.3) is 0 Å². The maximum atomic E-state index is 13.0. The van der Waals surface area contributed by atoms with Crippen LogP contribution >= 0.6 is 11.6 Å². The second-order valence-electron chi connectivity index (χ2n) is 6.76. The number of amides is 1. The molecular weight excluding hydrogens is 384 g/mol. The van der Waals surface area contributed by atoms with Crippen LogP contribution in [0.1, 0.15) is 41.6 Å². The number of hydrogen-bond donors (Lipinski definition) is 1. The van der Waals surface area contributed by atoms with Gasteiger partial charge in [-0.15, -0.1) is 0 Å². The van der Waals surface area contributed by atoms with E-state index in [2.05, 4.69) is 5.32 Å². The molecular formula is C20H23ClN2O3S. The van der Waals surface area contributed by atoms with Crippen LogP contribution in [0, 0.1) is 6.92 Å². The molecule has 2 aromatic rings. The second kappa shape index (κ2) is 8.42. The van der Waals surface area contributed by atoms with Crippen molar-refractivity contribution in [2.45, 2.75) is 37.5 Å². The summed E-state index contributed by atoms with van der Waals surface area (Å²) >= 11 is 5.86. The number of halogens is 1. The number of benzene rings is 2. The van der Waals surface area contributed by atoms with Gasteiger partial charge in [0, 0.05) is 29.4 Å². The molecule has 2 aromatic carbocycles. The van der Waals surface area contributed by atoms with Crippen LogP contribution in [0.5, 0.6) is 0 Å². The van der Waals surface area contributed by atoms with Gasteiger partial charge in [0.15, 0.2) is 0 Å². The Kier molecular flexibility index (Phi) is 6.19. The Bertz CT molecular complexity index is 919. The molecule has 0 atom stereocenters. The van der Waals surface area contributed by atoms with Gasteiger partial charge < -0.3 is 5.32 Å². The van der Waals surface area contributed by atoms with Crippen LogP contribution in [0.2, 0.25) is 5.02 Å². The zero-order valence-corrected chi connectivity index (χ0v) is 16.8. The summed E-state index contributed by atoms with van der Waals surface area (Å²) in [5, 5.41) is 3.37. The highest BCUT2D eigenvalue weighted by atomic mass is 35.5. The summed E-state index contributed by atoms with van der Waals surface area (Å²) in [6, 6.07) is 11.5. The van der Waals surface area contributed by atoms with Gasteiger partial charge in [-0.05, 0) is 61.7 Å². The molecule has 3 rings (SSSR count). The fourth-order valence-electron chi connectivity index (χ4n) is 3.17. The summed E-state index contributed by atoms with van der Waals surface area (Å²) < 4.78 is 27.5. The van der Waals surface area contributed by atoms with E-state index in [1.54, 1.807) is 43.3 Å². The standard InChI is InChI=1S/C20H23ClN2O3S/c1-15-6-11-18(27(25,26)23-12-4-2-3-5-13-23)14-19(15)20(24)22-17-9-7-16(21)8-10-17/h6-11,14H,2-5,12-13H2,1H3,(H,22,24). The van der Waals surface area contributed by atoms with E-state index in [4.69, 9.17) is 11.6 Å². The first-order chi connectivity index (χ1) is 12.9. The van der Waals surface area contributed by atoms with E-state index in [1.807, 2.05) is 0 Å². The van der Waals surface area contributed by atoms with Gasteiger partial charge in [0.05, 0.1) is 4.90 Å². The third-order valence-corrected chi connectivity index (χ3v) is 6.91. The van der Waals surface area contributed by atoms with Gasteiger partial charge >= 0.3 is 0 Å². The average molecular weight is 407 g/mol. The number of hydrogen-bond acceptors (Lipinski definition) is 3. The molecule has 5 nitrogen and oxygen atoms in total. The first kappa shape index (κ1) is 19.9. The number of carbonyl (C=O) groups is 1. The summed E-state index contributed by atoms with van der Waals surface area (Å²) in [5.41, 5.74) is 1.67. The molecule has 144 valence electrons. The Labute approximate surface area is 165 Å². The zero-order chi connectivity index (χ0) is 19.4. The first-order valence-electron chi connectivity index (χ1n) is 9.05. The van der Waals surface area contributed by atoms with Gasteiger partial charge in [0.1, 0.15) is 0 Å². The first-order valence-corrected chi connectivity index (χ1v) is 10.9. The summed E-state index contributed by atoms with van der Waals surface area (Å²) in [6.45, 7) is 2.85. The summed E-state index contributed by atoms with van der Waals surface area (Å²) in [6.07, 6.45) is 3.84. The van der Waals surface area contributed by atoms with Gasteiger partial charge in [-0.1, -0.05) is 30.5 Å². The predicted molar refractivity (Wildman–Crippen MR) is 108 cm³/mol. The molecule has 0 unspecified atom stereocenters. The topological polar surface area (TPSA) is 66.5 Å². The Hall–Kier alpha value is -1.89. The highest BCUT2D eigenvalue weighted by molar-refractivity contribution is 7.89. The largest absolute Gasteiger partial charge is 0.322 e. The van der Waals surface area contributed by atoms with Crippen LogP contribution in [-0.4, -0.2) is 31.7 Å². The Morgan fingerprint density at radius 1 is 1.00 bits per heavy atom. The number of rotatable bonds is 4. The van der Waals surface area contributed by atoms with Crippen molar-refractivity contribution in [2.75, 3.05) is 18.4 Å². The monoisotopic (exact) mass is 406 g/mol. The third-order valence-electron chi connectivity index (χ3n) is 4.76. The lowest BCUT2D eigenvalue weighted by Crippen LogP contribution is -2.32. The zero-order valence-electron chi connectivity index (χ0n) is 15.2. The van der Waals surface area contributed by atoms with Crippen LogP contribution in [0.15, 0.2) is 47.4 Å². The molecule has 1 amide bonds. The molecule has 1 N–H and O–H groups in total. The van der Waals surface area contributed by atoms with Gasteiger partial charge in [-0.2, -0.15) is 4.31 Å². The average Bonchev–Trinajstić information content (AvgIpc) is 2.94. The second-order valence-corrected chi connectivity index (χ2v) is 9.13. The summed E-state index contributed by atoms with van der Waals surface area (Å²) in [5.74, 6) is -0.345. The van der Waals surface area contributed by atoms with Crippen LogP contribution in [-0.2, 0) is 10.0 Å². The van der Waals surface area contributed by atoms with Crippen LogP contribution in [0.4, 0.5) is 5.69 Å². The van der Waals surface area contributed by atoms with Crippen molar-refractivity contribution in [1.29, 1.82) is 0 Å². The lowest BCUT2D eigenvalue weighted by Gasteiger charge is -2.20. The quantitative estimate of drug-likeness (QED) is 0.814. The van der Waals surface area contributed by atoms with Gasteiger partial charge in [-0.25, -0.2) is 8.42 Å². The van der Waals surface area contributed by atoms with E-state index < -0.39 is 10.0 Å². The van der Waals surface area contributed by atoms with Crippen molar-refractivity contribution in [2.24, 2.45) is 0 Å². The third kappa shape index (κ3) is 4.69. The normalized spacial score (nSPS) is 15.9. The van der Waals surface area contributed by atoms with Gasteiger partial charge in [-0.3, -0.25) is 4.79 Å². The molecule has 1 aliphatic rings. The van der Waals surface area contributed by atoms with Crippen molar-refractivity contribution in [3.05, 3.63) is 58.6 Å². The Morgan fingerprint density at radius 3 is 2.26 bits per heavy atom. The molecule has 1 aliphatic heterocycles. The maximum Gasteiger partial charge on any atom is 0.255 e. The molecule has 7 heteroatoms. The SMILES string of the molecule is Cc1ccc(S(=O)(=O)N2CCCCCC2)cc1C(=O)Nc1ccc(Cl)cc1. The van der Waals surface area contributed by atoms with E-state index in [9.17, 15) is 13.2 Å². The van der Waals surface area contributed by atoms with Crippen molar-refractivity contribution in [1.82, 2.24) is 4.31 Å². The van der Waals surface area contributed by atoms with E-state index in [1.165, 1.54) is 10.4 Å². The lowest BCUT2D eigenvalue weighted by molar-refractivity contribution is 0.102. The number of anilines is 1. The predicted octanol–water partition coefficient (Wildman–Crippen LogP) is 4.47. The maximum absolute atomic E-state index is 13.0. The van der Waals surface area contributed by atoms with E-state index >= 15 is 0 Å². The fourth-order valence-corrected chi connectivity index (χ4v) is 4.84. The minimum Gasteiger partial charge on any atom is -0.322 e. The smallest absolute Gasteiger partial charge is 0.255 e. The van der Waals surface area contributed by atoms with Crippen molar-refractivity contribution in [3.8, 4) is 0 Å². The molecule has 27 heavy (non-hydrogen) atoms. The molecule has 0 aromatic heterocycles. The van der Waals surface area contributed by atoms with Gasteiger partial charge in [0.25, 0.3) is 5.91 Å². The van der Waals surface area contributed by atoms with Gasteiger partial charge in [0.2, 0.25) is 10.0 Å². The van der Waals surface area contributed by atoms with E-state index in [-0.39, 0.29) is 10.8 Å². The molecule has 1 fully saturated rings. The minimum absolute atomic E-state index is 0.163. The van der Waals surface area contributed by atoms with E-state index in [0.717, 1.165) is 31.2 Å². The van der Waals surface area contributed by atoms with Crippen molar-refractivity contribution >= 4 is 33.2 Å². The highest BCUT2D eigenvalue weighted by Crippen LogP contribution is 2.23. The Balaban J connectivity index is 1.86. The van der Waals surface area contributed by atoms with E-state index in [0.29, 0.717) is 29.4 Å². The highest BCUT2D eigenvalue weighted by Gasteiger charge is 2.26. The van der Waals surface area contributed by atoms with Crippen molar-refractivity contribution < 1.29 is 13.2 Å². The molecule has 0 bridgehead atoms. The molecule has 0 spiro atoms. The molecule has 0 saturated carbocycles. The summed E-state index contributed by atoms with van der Waals surface area (Å²) in [7, 11) is -3.60. The number of carbonyl (C=O) groups excluding carboxylic acids is 1. The molecule has 1 heterocycles. The number of nitrogens with one attached hydrogen (secondary N) is 1. The molecule has 0 radical (unpaired) electrons. The summed E-state index contributed by atoms with van der Waals surface area (Å²) in [4.78, 5) is 12.8. The molecule has 1 saturated heterocycles. The van der Waals surface area contributed by atoms with Crippen LogP contribution < -0.4 is 5.32 Å². The number of nitrogens with zero attached hydrogens (tertiary/aromatic N) is 1. The number of aryl methyl sites for hydroxylation is 1. The fraction of sp³-hybridized carbons (Fsp3) is 0.350. The van der Waals surface area contributed by atoms with Crippen LogP contribution in [0.3, 0.4) is 0 Å².